The number of hydrogen-bond donors (Lipinski definition) is 2. The van der Waals surface area contributed by atoms with E-state index in [0.29, 0.717) is 20.9 Å². The van der Waals surface area contributed by atoms with Crippen LogP contribution in [0.25, 0.3) is 10.2 Å². The SMILES string of the molecule is Nc1ccc2nc(NC(=O)c3ccc(F)cc3Br)sc2c1. The van der Waals surface area contributed by atoms with Gasteiger partial charge in [0.15, 0.2) is 5.13 Å². The van der Waals surface area contributed by atoms with Gasteiger partial charge in [-0.05, 0) is 52.3 Å². The number of carbonyl (C=O) groups is 1. The van der Waals surface area contributed by atoms with Crippen molar-refractivity contribution in [2.45, 2.75) is 0 Å². The molecule has 4 nitrogen and oxygen atoms in total. The Bertz CT molecular complexity index is 849. The smallest absolute Gasteiger partial charge is 0.258 e. The Hall–Kier alpha value is -1.99. The molecule has 0 atom stereocenters. The number of hydrogen-bond acceptors (Lipinski definition) is 4. The minimum Gasteiger partial charge on any atom is -0.399 e. The van der Waals surface area contributed by atoms with Gasteiger partial charge in [0.2, 0.25) is 0 Å². The number of halogens is 2. The van der Waals surface area contributed by atoms with Crippen molar-refractivity contribution in [3.8, 4) is 0 Å². The minimum absolute atomic E-state index is 0.343. The van der Waals surface area contributed by atoms with Gasteiger partial charge in [-0.15, -0.1) is 0 Å². The molecule has 0 aliphatic heterocycles. The lowest BCUT2D eigenvalue weighted by atomic mass is 10.2. The van der Waals surface area contributed by atoms with Crippen molar-refractivity contribution >= 4 is 54.2 Å². The number of thiazole rings is 1. The van der Waals surface area contributed by atoms with E-state index in [1.54, 1.807) is 18.2 Å². The number of nitrogens with zero attached hydrogens (tertiary/aromatic N) is 1. The molecular weight excluding hydrogens is 357 g/mol. The fourth-order valence-electron chi connectivity index (χ4n) is 1.83. The third-order valence-corrected chi connectivity index (χ3v) is 4.40. The molecule has 7 heteroatoms. The number of amides is 1. The number of aromatic nitrogens is 1. The fourth-order valence-corrected chi connectivity index (χ4v) is 3.27. The summed E-state index contributed by atoms with van der Waals surface area (Å²) in [6.45, 7) is 0. The van der Waals surface area contributed by atoms with Crippen LogP contribution in [0.3, 0.4) is 0 Å². The monoisotopic (exact) mass is 365 g/mol. The Morgan fingerprint density at radius 1 is 1.29 bits per heavy atom. The van der Waals surface area contributed by atoms with Crippen molar-refractivity contribution in [1.82, 2.24) is 4.98 Å². The summed E-state index contributed by atoms with van der Waals surface area (Å²) in [6.07, 6.45) is 0. The third kappa shape index (κ3) is 2.88. The van der Waals surface area contributed by atoms with Gasteiger partial charge >= 0.3 is 0 Å². The highest BCUT2D eigenvalue weighted by atomic mass is 79.9. The largest absolute Gasteiger partial charge is 0.399 e. The first-order valence-corrected chi connectivity index (χ1v) is 7.56. The summed E-state index contributed by atoms with van der Waals surface area (Å²) in [5.74, 6) is -0.761. The van der Waals surface area contributed by atoms with Crippen molar-refractivity contribution < 1.29 is 9.18 Å². The summed E-state index contributed by atoms with van der Waals surface area (Å²) in [6, 6.07) is 9.25. The molecule has 1 amide bonds. The van der Waals surface area contributed by atoms with Crippen LogP contribution in [-0.2, 0) is 0 Å². The highest BCUT2D eigenvalue weighted by Crippen LogP contribution is 2.28. The number of nitrogen functional groups attached to an aromatic ring is 1. The van der Waals surface area contributed by atoms with Crippen LogP contribution in [0.1, 0.15) is 10.4 Å². The average molecular weight is 366 g/mol. The lowest BCUT2D eigenvalue weighted by molar-refractivity contribution is 0.102. The van der Waals surface area contributed by atoms with E-state index in [2.05, 4.69) is 26.2 Å². The topological polar surface area (TPSA) is 68.0 Å². The number of fused-ring (bicyclic) bond motifs is 1. The van der Waals surface area contributed by atoms with Gasteiger partial charge < -0.3 is 5.73 Å². The van der Waals surface area contributed by atoms with Crippen LogP contribution in [0.5, 0.6) is 0 Å². The fraction of sp³-hybridized carbons (Fsp3) is 0. The highest BCUT2D eigenvalue weighted by molar-refractivity contribution is 9.10. The van der Waals surface area contributed by atoms with E-state index >= 15 is 0 Å². The summed E-state index contributed by atoms with van der Waals surface area (Å²) in [7, 11) is 0. The molecule has 3 N–H and O–H groups in total. The van der Waals surface area contributed by atoms with Crippen LogP contribution in [0.4, 0.5) is 15.2 Å². The number of nitrogens with two attached hydrogens (primary N) is 1. The van der Waals surface area contributed by atoms with E-state index in [1.165, 1.54) is 29.5 Å². The molecule has 0 spiro atoms. The maximum Gasteiger partial charge on any atom is 0.258 e. The molecule has 106 valence electrons. The first-order valence-electron chi connectivity index (χ1n) is 5.95. The second-order valence-electron chi connectivity index (χ2n) is 4.32. The van der Waals surface area contributed by atoms with Crippen LogP contribution in [0.15, 0.2) is 40.9 Å². The van der Waals surface area contributed by atoms with Gasteiger partial charge in [0, 0.05) is 10.2 Å². The maximum absolute atomic E-state index is 13.0. The first-order chi connectivity index (χ1) is 10.0. The molecule has 1 aromatic heterocycles. The third-order valence-electron chi connectivity index (χ3n) is 2.81. The van der Waals surface area contributed by atoms with E-state index in [4.69, 9.17) is 5.73 Å². The highest BCUT2D eigenvalue weighted by Gasteiger charge is 2.13. The Morgan fingerprint density at radius 2 is 2.10 bits per heavy atom. The molecule has 0 saturated carbocycles. The summed E-state index contributed by atoms with van der Waals surface area (Å²) in [5.41, 5.74) is 7.46. The lowest BCUT2D eigenvalue weighted by Gasteiger charge is -2.03. The molecule has 2 aromatic carbocycles. The molecule has 21 heavy (non-hydrogen) atoms. The van der Waals surface area contributed by atoms with Crippen molar-refractivity contribution in [2.24, 2.45) is 0 Å². The number of nitrogens with one attached hydrogen (secondary N) is 1. The zero-order valence-electron chi connectivity index (χ0n) is 10.6. The molecule has 0 unspecified atom stereocenters. The summed E-state index contributed by atoms with van der Waals surface area (Å²) in [4.78, 5) is 16.5. The van der Waals surface area contributed by atoms with Crippen molar-refractivity contribution in [3.63, 3.8) is 0 Å². The van der Waals surface area contributed by atoms with E-state index in [-0.39, 0.29) is 5.91 Å². The summed E-state index contributed by atoms with van der Waals surface area (Å²) in [5, 5.41) is 3.17. The van der Waals surface area contributed by atoms with Crippen molar-refractivity contribution in [2.75, 3.05) is 11.1 Å². The zero-order valence-corrected chi connectivity index (χ0v) is 13.0. The Morgan fingerprint density at radius 3 is 2.86 bits per heavy atom. The van der Waals surface area contributed by atoms with Gasteiger partial charge in [-0.1, -0.05) is 11.3 Å². The first kappa shape index (κ1) is 14.0. The van der Waals surface area contributed by atoms with Crippen molar-refractivity contribution in [3.05, 3.63) is 52.3 Å². The van der Waals surface area contributed by atoms with E-state index in [0.717, 1.165) is 10.2 Å². The quantitative estimate of drug-likeness (QED) is 0.673. The van der Waals surface area contributed by atoms with Crippen LogP contribution < -0.4 is 11.1 Å². The van der Waals surface area contributed by atoms with Crippen LogP contribution in [0.2, 0.25) is 0 Å². The average Bonchev–Trinajstić information content (AvgIpc) is 2.79. The molecule has 0 radical (unpaired) electrons. The standard InChI is InChI=1S/C14H9BrFN3OS/c15-10-5-7(16)1-3-9(10)13(20)19-14-18-11-4-2-8(17)6-12(11)21-14/h1-6H,17H2,(H,18,19,20). The molecule has 1 heterocycles. The van der Waals surface area contributed by atoms with Crippen LogP contribution >= 0.6 is 27.3 Å². The van der Waals surface area contributed by atoms with Crippen LogP contribution in [0, 0.1) is 5.82 Å². The molecule has 0 saturated heterocycles. The second kappa shape index (κ2) is 5.42. The van der Waals surface area contributed by atoms with Gasteiger partial charge in [0.05, 0.1) is 15.8 Å². The maximum atomic E-state index is 13.0. The molecular formula is C14H9BrFN3OS. The van der Waals surface area contributed by atoms with Gasteiger partial charge in [0.25, 0.3) is 5.91 Å². The van der Waals surface area contributed by atoms with Gasteiger partial charge in [-0.3, -0.25) is 10.1 Å². The van der Waals surface area contributed by atoms with Gasteiger partial charge in [-0.25, -0.2) is 9.37 Å². The summed E-state index contributed by atoms with van der Waals surface area (Å²) < 4.78 is 14.3. The molecule has 0 fully saturated rings. The van der Waals surface area contributed by atoms with Crippen molar-refractivity contribution in [1.29, 1.82) is 0 Å². The molecule has 0 aliphatic rings. The summed E-state index contributed by atoms with van der Waals surface area (Å²) >= 11 is 4.50. The number of anilines is 2. The lowest BCUT2D eigenvalue weighted by Crippen LogP contribution is -2.12. The van der Waals surface area contributed by atoms with E-state index in [9.17, 15) is 9.18 Å². The minimum atomic E-state index is -0.408. The Kier molecular flexibility index (Phi) is 3.60. The van der Waals surface area contributed by atoms with Crippen LogP contribution in [-0.4, -0.2) is 10.9 Å². The zero-order chi connectivity index (χ0) is 15.0. The molecule has 3 aromatic rings. The molecule has 0 bridgehead atoms. The Balaban J connectivity index is 1.89. The number of rotatable bonds is 2. The number of benzene rings is 2. The van der Waals surface area contributed by atoms with E-state index < -0.39 is 5.82 Å². The normalized spacial score (nSPS) is 10.8. The molecule has 0 aliphatic carbocycles. The van der Waals surface area contributed by atoms with E-state index in [1.807, 2.05) is 0 Å². The van der Waals surface area contributed by atoms with Gasteiger partial charge in [-0.2, -0.15) is 0 Å². The second-order valence-corrected chi connectivity index (χ2v) is 6.21. The van der Waals surface area contributed by atoms with Gasteiger partial charge in [0.1, 0.15) is 5.82 Å². The predicted octanol–water partition coefficient (Wildman–Crippen LogP) is 4.03. The molecule has 3 rings (SSSR count). The predicted molar refractivity (Wildman–Crippen MR) is 86.1 cm³/mol. The Labute approximate surface area is 131 Å². The number of carbonyl (C=O) groups excluding carboxylic acids is 1.